The minimum Gasteiger partial charge on any atom is -0.497 e. The summed E-state index contributed by atoms with van der Waals surface area (Å²) in [6, 6.07) is 4.17. The standard InChI is InChI=1S/C45H61N9O9S2/c1-27(2)46-44-50-37(26-64-44)35-22-39(32-17-16-30(62-4)20-34(32)47-35)63-31-21-38-40(55)51-45(42(57)58)23-29(45)14-8-6-5-7-9-15-33(41(56)54(38)24-31)48-43(59)49-36(28-12-10-13-28)25-53-19-11-18-52(3)65(53,60)61/h8,14,16-17,20,22,26-29,31,33,36,38H,5-7,9-13,15,18-19,21,23-25H2,1-4H3,(H,46,50)(H,51,55)(H,57,58)(H2,48,49,59)/b14-8-/t29?,31-,33-,36-,38+,45-/m1/s1. The van der Waals surface area contributed by atoms with E-state index in [1.54, 1.807) is 32.4 Å². The molecule has 2 saturated heterocycles. The molecule has 2 aliphatic carbocycles. The van der Waals surface area contributed by atoms with Crippen molar-refractivity contribution in [2.24, 2.45) is 11.8 Å². The maximum Gasteiger partial charge on any atom is 0.330 e. The van der Waals surface area contributed by atoms with Gasteiger partial charge >= 0.3 is 12.0 Å². The summed E-state index contributed by atoms with van der Waals surface area (Å²) in [6.07, 6.45) is 9.84. The van der Waals surface area contributed by atoms with Crippen molar-refractivity contribution in [1.82, 2.24) is 39.4 Å². The Balaban J connectivity index is 1.08. The Morgan fingerprint density at radius 2 is 1.86 bits per heavy atom. The zero-order chi connectivity index (χ0) is 46.0. The maximum absolute atomic E-state index is 15.0. The number of nitrogens with one attached hydrogen (secondary N) is 4. The van der Waals surface area contributed by atoms with Crippen LogP contribution in [0.5, 0.6) is 11.5 Å². The predicted molar refractivity (Wildman–Crippen MR) is 246 cm³/mol. The SMILES string of the molecule is COc1ccc2c(O[C@@H]3C[C@H]4C(=O)N[C@]5(C(=O)O)CC5/C=C\CCCCC[C@@H](NC(=O)N[C@H](CN5CCCN(C)S5(=O)=O)C5CCC5)C(=O)N4C3)cc(-c3csc(NC(C)C)n3)nc2c1. The number of urea groups is 1. The van der Waals surface area contributed by atoms with Gasteiger partial charge in [-0.05, 0) is 76.8 Å². The van der Waals surface area contributed by atoms with Crippen molar-refractivity contribution < 1.29 is 42.2 Å². The minimum absolute atomic E-state index is 0.0282. The summed E-state index contributed by atoms with van der Waals surface area (Å²) in [4.78, 5) is 67.3. The number of thiazole rings is 1. The number of allylic oxidation sites excluding steroid dienone is 1. The van der Waals surface area contributed by atoms with Crippen LogP contribution in [-0.2, 0) is 24.6 Å². The summed E-state index contributed by atoms with van der Waals surface area (Å²) in [5.41, 5.74) is 0.261. The maximum atomic E-state index is 15.0. The molecular formula is C45H61N9O9S2. The number of carbonyl (C=O) groups is 4. The van der Waals surface area contributed by atoms with Gasteiger partial charge in [-0.1, -0.05) is 31.4 Å². The monoisotopic (exact) mass is 935 g/mol. The van der Waals surface area contributed by atoms with Gasteiger partial charge in [-0.15, -0.1) is 11.3 Å². The van der Waals surface area contributed by atoms with E-state index < -0.39 is 69.7 Å². The van der Waals surface area contributed by atoms with Gasteiger partial charge in [0, 0.05) is 74.0 Å². The van der Waals surface area contributed by atoms with Crippen LogP contribution in [0, 0.1) is 11.8 Å². The normalized spacial score (nSPS) is 27.6. The number of anilines is 1. The minimum atomic E-state index is -3.68. The number of aromatic nitrogens is 2. The van der Waals surface area contributed by atoms with Crippen LogP contribution in [0.2, 0.25) is 0 Å². The van der Waals surface area contributed by atoms with Crippen molar-refractivity contribution in [3.63, 3.8) is 0 Å². The van der Waals surface area contributed by atoms with Crippen LogP contribution in [0.4, 0.5) is 9.93 Å². The molecule has 352 valence electrons. The summed E-state index contributed by atoms with van der Waals surface area (Å²) in [5.74, 6) is -1.52. The zero-order valence-corrected chi connectivity index (χ0v) is 39.1. The lowest BCUT2D eigenvalue weighted by molar-refractivity contribution is -0.145. The molecule has 8 rings (SSSR count). The number of pyridine rings is 1. The predicted octanol–water partition coefficient (Wildman–Crippen LogP) is 4.73. The first-order chi connectivity index (χ1) is 31.1. The number of aliphatic carboxylic acids is 1. The van der Waals surface area contributed by atoms with Gasteiger partial charge in [0.1, 0.15) is 40.9 Å². The molecule has 2 aromatic heterocycles. The van der Waals surface area contributed by atoms with Gasteiger partial charge in [0.15, 0.2) is 5.13 Å². The number of amides is 4. The van der Waals surface area contributed by atoms with E-state index in [0.29, 0.717) is 66.1 Å². The van der Waals surface area contributed by atoms with Gasteiger partial charge in [-0.3, -0.25) is 9.59 Å². The third kappa shape index (κ3) is 10.2. The van der Waals surface area contributed by atoms with Crippen LogP contribution in [0.1, 0.15) is 84.5 Å². The summed E-state index contributed by atoms with van der Waals surface area (Å²) in [7, 11) is -0.551. The van der Waals surface area contributed by atoms with Crippen LogP contribution in [0.25, 0.3) is 22.3 Å². The summed E-state index contributed by atoms with van der Waals surface area (Å²) < 4.78 is 41.5. The molecule has 2 saturated carbocycles. The molecular weight excluding hydrogens is 875 g/mol. The lowest BCUT2D eigenvalue weighted by atomic mass is 9.79. The number of carboxylic acids is 1. The van der Waals surface area contributed by atoms with E-state index in [1.165, 1.54) is 24.8 Å². The second kappa shape index (κ2) is 19.4. The number of nitrogens with zero attached hydrogens (tertiary/aromatic N) is 5. The van der Waals surface area contributed by atoms with Gasteiger partial charge in [0.2, 0.25) is 11.8 Å². The van der Waals surface area contributed by atoms with E-state index in [2.05, 4.69) is 21.3 Å². The van der Waals surface area contributed by atoms with Crippen molar-refractivity contribution in [3.8, 4) is 22.9 Å². The van der Waals surface area contributed by atoms with Gasteiger partial charge in [-0.2, -0.15) is 17.0 Å². The van der Waals surface area contributed by atoms with Gasteiger partial charge < -0.3 is 40.7 Å². The third-order valence-corrected chi connectivity index (χ3v) is 16.1. The Morgan fingerprint density at radius 3 is 2.60 bits per heavy atom. The van der Waals surface area contributed by atoms with Gasteiger partial charge in [0.25, 0.3) is 10.2 Å². The van der Waals surface area contributed by atoms with Crippen LogP contribution < -0.4 is 30.7 Å². The summed E-state index contributed by atoms with van der Waals surface area (Å²) in [5, 5.41) is 25.8. The quantitative estimate of drug-likeness (QED) is 0.156. The fraction of sp³-hybridized carbons (Fsp3) is 0.600. The van der Waals surface area contributed by atoms with E-state index in [-0.39, 0.29) is 44.3 Å². The Morgan fingerprint density at radius 1 is 1.05 bits per heavy atom. The second-order valence-corrected chi connectivity index (χ2v) is 21.3. The number of hydrogen-bond donors (Lipinski definition) is 5. The molecule has 1 unspecified atom stereocenters. The molecule has 18 nitrogen and oxygen atoms in total. The molecule has 3 aromatic rings. The average Bonchev–Trinajstić information content (AvgIpc) is 3.51. The molecule has 20 heteroatoms. The average molecular weight is 936 g/mol. The number of rotatable bonds is 12. The number of ether oxygens (including phenoxy) is 2. The number of benzene rings is 1. The summed E-state index contributed by atoms with van der Waals surface area (Å²) >= 11 is 1.45. The molecule has 4 amide bonds. The Bertz CT molecular complexity index is 2410. The first-order valence-electron chi connectivity index (χ1n) is 22.8. The highest BCUT2D eigenvalue weighted by molar-refractivity contribution is 7.86. The van der Waals surface area contributed by atoms with Crippen molar-refractivity contribution >= 4 is 61.4 Å². The molecule has 0 radical (unpaired) electrons. The highest BCUT2D eigenvalue weighted by Gasteiger charge is 2.61. The van der Waals surface area contributed by atoms with E-state index in [0.717, 1.165) is 37.2 Å². The zero-order valence-electron chi connectivity index (χ0n) is 37.5. The van der Waals surface area contributed by atoms with Crippen molar-refractivity contribution in [2.75, 3.05) is 45.7 Å². The molecule has 4 fully saturated rings. The number of hydrogen-bond acceptors (Lipinski definition) is 12. The third-order valence-electron chi connectivity index (χ3n) is 13.4. The molecule has 0 spiro atoms. The lowest BCUT2D eigenvalue weighted by Gasteiger charge is -2.40. The fourth-order valence-electron chi connectivity index (χ4n) is 9.39. The number of carboxylic acid groups (broad SMARTS) is 1. The van der Waals surface area contributed by atoms with E-state index in [4.69, 9.17) is 19.4 Å². The van der Waals surface area contributed by atoms with Crippen LogP contribution in [-0.4, -0.2) is 137 Å². The lowest BCUT2D eigenvalue weighted by Crippen LogP contribution is -2.60. The first kappa shape index (κ1) is 46.5. The van der Waals surface area contributed by atoms with Gasteiger partial charge in [0.05, 0.1) is 24.9 Å². The molecule has 5 N–H and O–H groups in total. The first-order valence-corrected chi connectivity index (χ1v) is 25.1. The largest absolute Gasteiger partial charge is 0.497 e. The van der Waals surface area contributed by atoms with E-state index in [9.17, 15) is 32.7 Å². The Kier molecular flexibility index (Phi) is 13.9. The van der Waals surface area contributed by atoms with E-state index >= 15 is 0 Å². The van der Waals surface area contributed by atoms with Crippen LogP contribution in [0.3, 0.4) is 0 Å². The van der Waals surface area contributed by atoms with Crippen LogP contribution >= 0.6 is 11.3 Å². The van der Waals surface area contributed by atoms with Crippen molar-refractivity contribution in [1.29, 1.82) is 0 Å². The molecule has 5 aliphatic rings. The van der Waals surface area contributed by atoms with Crippen molar-refractivity contribution in [2.45, 2.75) is 120 Å². The number of fused-ring (bicyclic) bond motifs is 3. The Labute approximate surface area is 384 Å². The molecule has 65 heavy (non-hydrogen) atoms. The van der Waals surface area contributed by atoms with Crippen LogP contribution in [0.15, 0.2) is 41.8 Å². The topological polar surface area (TPSA) is 225 Å². The molecule has 0 bridgehead atoms. The summed E-state index contributed by atoms with van der Waals surface area (Å²) in [6.45, 7) is 4.93. The Hall–Kier alpha value is -5.05. The molecule has 1 aromatic carbocycles. The van der Waals surface area contributed by atoms with Gasteiger partial charge in [-0.25, -0.2) is 19.6 Å². The molecule has 3 aliphatic heterocycles. The highest BCUT2D eigenvalue weighted by Crippen LogP contribution is 2.46. The fourth-order valence-corrected chi connectivity index (χ4v) is 11.7. The smallest absolute Gasteiger partial charge is 0.330 e. The van der Waals surface area contributed by atoms with E-state index in [1.807, 2.05) is 37.4 Å². The number of methoxy groups -OCH3 is 1. The molecule has 6 atom stereocenters. The number of carbonyl (C=O) groups excluding carboxylic acids is 3. The second-order valence-electron chi connectivity index (χ2n) is 18.4. The highest BCUT2D eigenvalue weighted by atomic mass is 32.2. The van der Waals surface area contributed by atoms with Crippen molar-refractivity contribution in [3.05, 3.63) is 41.8 Å². The molecule has 5 heterocycles.